The molecule has 2 fully saturated rings. The molecule has 33 heavy (non-hydrogen) atoms. The lowest BCUT2D eigenvalue weighted by Gasteiger charge is -2.43. The second kappa shape index (κ2) is 9.29. The summed E-state index contributed by atoms with van der Waals surface area (Å²) in [5.74, 6) is -1.17. The Labute approximate surface area is 192 Å². The molecule has 4 rings (SSSR count). The summed E-state index contributed by atoms with van der Waals surface area (Å²) in [4.78, 5) is 42.3. The topological polar surface area (TPSA) is 85.0 Å². The van der Waals surface area contributed by atoms with Gasteiger partial charge in [-0.05, 0) is 37.1 Å². The highest BCUT2D eigenvalue weighted by Crippen LogP contribution is 2.29. The molecule has 0 bridgehead atoms. The minimum Gasteiger partial charge on any atom is -0.324 e. The van der Waals surface area contributed by atoms with Crippen molar-refractivity contribution in [1.82, 2.24) is 20.2 Å². The van der Waals surface area contributed by atoms with Crippen LogP contribution >= 0.6 is 0 Å². The molecule has 0 radical (unpaired) electrons. The fourth-order valence-corrected chi connectivity index (χ4v) is 4.53. The minimum atomic E-state index is -0.601. The Bertz CT molecular complexity index is 1060. The van der Waals surface area contributed by atoms with Crippen LogP contribution in [0.25, 0.3) is 0 Å². The first-order valence-corrected chi connectivity index (χ1v) is 11.0. The largest absolute Gasteiger partial charge is 0.327 e. The number of nitrogens with zero attached hydrogens (tertiary/aromatic N) is 3. The number of imide groups is 1. The lowest BCUT2D eigenvalue weighted by atomic mass is 9.97. The number of nitrogens with one attached hydrogen (secondary N) is 2. The molecule has 2 aliphatic rings. The highest BCUT2D eigenvalue weighted by atomic mass is 19.1. The van der Waals surface area contributed by atoms with Gasteiger partial charge in [0.1, 0.15) is 18.4 Å². The molecular formula is C24H28FN5O3. The number of anilines is 1. The molecule has 0 spiro atoms. The van der Waals surface area contributed by atoms with Gasteiger partial charge in [-0.2, -0.15) is 0 Å². The zero-order chi connectivity index (χ0) is 23.7. The average molecular weight is 454 g/mol. The van der Waals surface area contributed by atoms with E-state index in [1.165, 1.54) is 15.9 Å². The standard InChI is InChI=1S/C24H28FN5O3/c1-4-30-22-21(16(3)27-30)28(14-20(31)26-18-11-10-15(2)19(25)12-18)24(33)29(23(22)32)13-17-8-6-5-7-9-17/h5-12,16,21-22,27H,4,13-14H2,1-3H3,(H,26,31). The molecule has 0 aromatic heterocycles. The summed E-state index contributed by atoms with van der Waals surface area (Å²) in [5.41, 5.74) is 4.87. The van der Waals surface area contributed by atoms with Gasteiger partial charge in [0.25, 0.3) is 5.91 Å². The van der Waals surface area contributed by atoms with Crippen molar-refractivity contribution in [2.75, 3.05) is 18.4 Å². The van der Waals surface area contributed by atoms with Gasteiger partial charge in [0.05, 0.1) is 12.6 Å². The van der Waals surface area contributed by atoms with Gasteiger partial charge in [-0.25, -0.2) is 19.6 Å². The molecule has 2 aliphatic heterocycles. The quantitative estimate of drug-likeness (QED) is 0.702. The molecule has 8 nitrogen and oxygen atoms in total. The van der Waals surface area contributed by atoms with Crippen LogP contribution in [0, 0.1) is 12.7 Å². The maximum atomic E-state index is 13.9. The van der Waals surface area contributed by atoms with Crippen LogP contribution in [0.2, 0.25) is 0 Å². The summed E-state index contributed by atoms with van der Waals surface area (Å²) in [7, 11) is 0. The van der Waals surface area contributed by atoms with Gasteiger partial charge in [0.2, 0.25) is 5.91 Å². The lowest BCUT2D eigenvalue weighted by molar-refractivity contribution is -0.140. The van der Waals surface area contributed by atoms with Crippen LogP contribution in [0.15, 0.2) is 48.5 Å². The molecule has 2 saturated heterocycles. The first-order chi connectivity index (χ1) is 15.8. The van der Waals surface area contributed by atoms with Gasteiger partial charge in [-0.3, -0.25) is 14.5 Å². The third-order valence-corrected chi connectivity index (χ3v) is 6.19. The first-order valence-electron chi connectivity index (χ1n) is 11.0. The number of halogens is 1. The third-order valence-electron chi connectivity index (χ3n) is 6.19. The number of fused-ring (bicyclic) bond motifs is 1. The monoisotopic (exact) mass is 453 g/mol. The maximum Gasteiger partial charge on any atom is 0.327 e. The van der Waals surface area contributed by atoms with E-state index in [9.17, 15) is 18.8 Å². The first kappa shape index (κ1) is 22.9. The van der Waals surface area contributed by atoms with Crippen LogP contribution < -0.4 is 10.7 Å². The van der Waals surface area contributed by atoms with Crippen LogP contribution in [0.5, 0.6) is 0 Å². The molecule has 3 atom stereocenters. The molecule has 2 aromatic rings. The summed E-state index contributed by atoms with van der Waals surface area (Å²) in [5, 5.41) is 4.48. The predicted octanol–water partition coefficient (Wildman–Crippen LogP) is 2.50. The zero-order valence-electron chi connectivity index (χ0n) is 18.9. The smallest absolute Gasteiger partial charge is 0.324 e. The highest BCUT2D eigenvalue weighted by molar-refractivity contribution is 6.03. The van der Waals surface area contributed by atoms with E-state index in [1.807, 2.05) is 49.2 Å². The molecule has 2 N–H and O–H groups in total. The predicted molar refractivity (Wildman–Crippen MR) is 121 cm³/mol. The van der Waals surface area contributed by atoms with Gasteiger partial charge in [0, 0.05) is 18.3 Å². The van der Waals surface area contributed by atoms with Gasteiger partial charge < -0.3 is 10.2 Å². The molecule has 174 valence electrons. The zero-order valence-corrected chi connectivity index (χ0v) is 18.9. The molecule has 2 aromatic carbocycles. The van der Waals surface area contributed by atoms with Crippen molar-refractivity contribution in [1.29, 1.82) is 0 Å². The number of likely N-dealkylation sites (N-methyl/N-ethyl adjacent to an activating group) is 1. The summed E-state index contributed by atoms with van der Waals surface area (Å²) in [6.45, 7) is 5.89. The van der Waals surface area contributed by atoms with Gasteiger partial charge in [0.15, 0.2) is 0 Å². The molecule has 0 saturated carbocycles. The summed E-state index contributed by atoms with van der Waals surface area (Å²) in [6, 6.07) is 11.9. The number of amides is 4. The number of carbonyl (C=O) groups excluding carboxylic acids is 3. The molecule has 0 aliphatic carbocycles. The SMILES string of the molecule is CCN1NC(C)C2C1C(=O)N(Cc1ccccc1)C(=O)N2CC(=O)Nc1ccc(C)c(F)c1. The van der Waals surface area contributed by atoms with E-state index in [4.69, 9.17) is 0 Å². The van der Waals surface area contributed by atoms with Crippen LogP contribution in [0.1, 0.15) is 25.0 Å². The summed E-state index contributed by atoms with van der Waals surface area (Å²) < 4.78 is 13.9. The molecule has 3 unspecified atom stereocenters. The maximum absolute atomic E-state index is 13.9. The number of benzene rings is 2. The number of urea groups is 1. The summed E-state index contributed by atoms with van der Waals surface area (Å²) >= 11 is 0. The van der Waals surface area contributed by atoms with E-state index < -0.39 is 29.8 Å². The van der Waals surface area contributed by atoms with Crippen molar-refractivity contribution < 1.29 is 18.8 Å². The van der Waals surface area contributed by atoms with Crippen LogP contribution in [0.3, 0.4) is 0 Å². The Morgan fingerprint density at radius 1 is 1.15 bits per heavy atom. The second-order valence-electron chi connectivity index (χ2n) is 8.47. The van der Waals surface area contributed by atoms with Crippen molar-refractivity contribution in [3.8, 4) is 0 Å². The van der Waals surface area contributed by atoms with Crippen molar-refractivity contribution in [3.05, 3.63) is 65.5 Å². The number of hydrogen-bond acceptors (Lipinski definition) is 5. The molecular weight excluding hydrogens is 425 g/mol. The summed E-state index contributed by atoms with van der Waals surface area (Å²) in [6.07, 6.45) is 0. The molecule has 9 heteroatoms. The number of aryl methyl sites for hydroxylation is 1. The van der Waals surface area contributed by atoms with Crippen molar-refractivity contribution >= 4 is 23.5 Å². The Morgan fingerprint density at radius 2 is 1.88 bits per heavy atom. The highest BCUT2D eigenvalue weighted by Gasteiger charge is 2.54. The Hall–Kier alpha value is -3.30. The Kier molecular flexibility index (Phi) is 6.44. The Morgan fingerprint density at radius 3 is 2.55 bits per heavy atom. The fraction of sp³-hybridized carbons (Fsp3) is 0.375. The minimum absolute atomic E-state index is 0.120. The number of hydrazine groups is 1. The van der Waals surface area contributed by atoms with Crippen molar-refractivity contribution in [3.63, 3.8) is 0 Å². The van der Waals surface area contributed by atoms with E-state index in [0.29, 0.717) is 17.8 Å². The number of carbonyl (C=O) groups is 3. The van der Waals surface area contributed by atoms with Crippen molar-refractivity contribution in [2.45, 2.75) is 45.4 Å². The van der Waals surface area contributed by atoms with Gasteiger partial charge >= 0.3 is 6.03 Å². The van der Waals surface area contributed by atoms with Crippen molar-refractivity contribution in [2.24, 2.45) is 0 Å². The number of hydrogen-bond donors (Lipinski definition) is 2. The average Bonchev–Trinajstić information content (AvgIpc) is 3.14. The van der Waals surface area contributed by atoms with Gasteiger partial charge in [-0.1, -0.05) is 43.3 Å². The lowest BCUT2D eigenvalue weighted by Crippen LogP contribution is -2.67. The van der Waals surface area contributed by atoms with E-state index in [-0.39, 0.29) is 25.0 Å². The van der Waals surface area contributed by atoms with E-state index in [1.54, 1.807) is 19.1 Å². The van der Waals surface area contributed by atoms with E-state index >= 15 is 0 Å². The van der Waals surface area contributed by atoms with Gasteiger partial charge in [-0.15, -0.1) is 0 Å². The van der Waals surface area contributed by atoms with E-state index in [0.717, 1.165) is 5.56 Å². The van der Waals surface area contributed by atoms with Crippen LogP contribution in [-0.2, 0) is 16.1 Å². The second-order valence-corrected chi connectivity index (χ2v) is 8.47. The molecule has 4 amide bonds. The normalized spacial score (nSPS) is 23.1. The Balaban J connectivity index is 1.59. The van der Waals surface area contributed by atoms with Crippen LogP contribution in [-0.4, -0.2) is 63.9 Å². The number of rotatable bonds is 6. The molecule has 2 heterocycles. The fourth-order valence-electron chi connectivity index (χ4n) is 4.53. The van der Waals surface area contributed by atoms with E-state index in [2.05, 4.69) is 10.7 Å². The third kappa shape index (κ3) is 4.46. The van der Waals surface area contributed by atoms with Crippen LogP contribution in [0.4, 0.5) is 14.9 Å².